The summed E-state index contributed by atoms with van der Waals surface area (Å²) in [6.07, 6.45) is 0. The number of hydrogen-bond acceptors (Lipinski definition) is 4. The van der Waals surface area contributed by atoms with E-state index in [-0.39, 0.29) is 12.5 Å². The van der Waals surface area contributed by atoms with Crippen LogP contribution in [0.2, 0.25) is 15.1 Å². The Morgan fingerprint density at radius 1 is 1.03 bits per heavy atom. The molecular weight excluding hydrogens is 447 g/mol. The van der Waals surface area contributed by atoms with Gasteiger partial charge in [0.1, 0.15) is 11.3 Å². The summed E-state index contributed by atoms with van der Waals surface area (Å²) in [5, 5.41) is 4.31. The van der Waals surface area contributed by atoms with Crippen molar-refractivity contribution < 1.29 is 13.9 Å². The van der Waals surface area contributed by atoms with Crippen molar-refractivity contribution >= 4 is 57.5 Å². The van der Waals surface area contributed by atoms with Crippen LogP contribution in [0.5, 0.6) is 5.75 Å². The normalized spacial score (nSPS) is 10.9. The molecule has 3 aromatic carbocycles. The predicted octanol–water partition coefficient (Wildman–Crippen LogP) is 6.78. The fraction of sp³-hybridized carbons (Fsp3) is 0.0909. The van der Waals surface area contributed by atoms with Crippen LogP contribution in [0.4, 0.5) is 5.69 Å². The van der Waals surface area contributed by atoms with Crippen LogP contribution in [0.15, 0.2) is 59.0 Å². The highest BCUT2D eigenvalue weighted by atomic mass is 35.5. The van der Waals surface area contributed by atoms with E-state index < -0.39 is 0 Å². The molecule has 5 nitrogen and oxygen atoms in total. The number of ether oxygens (including phenoxy) is 1. The molecule has 0 spiro atoms. The first-order chi connectivity index (χ1) is 14.4. The SMILES string of the molecule is Cc1cc(Cl)ccc1OCC(=O)Nc1cc(-c2nc3cc(Cl)ccc3o2)ccc1Cl. The van der Waals surface area contributed by atoms with Crippen LogP contribution >= 0.6 is 34.8 Å². The minimum atomic E-state index is -0.354. The molecule has 8 heteroatoms. The third kappa shape index (κ3) is 4.54. The minimum absolute atomic E-state index is 0.176. The number of benzene rings is 3. The molecule has 0 aliphatic heterocycles. The highest BCUT2D eigenvalue weighted by molar-refractivity contribution is 6.34. The molecule has 0 unspecified atom stereocenters. The van der Waals surface area contributed by atoms with Crippen LogP contribution in [0, 0.1) is 6.92 Å². The van der Waals surface area contributed by atoms with Crippen molar-refractivity contribution in [1.82, 2.24) is 4.98 Å². The van der Waals surface area contributed by atoms with Crippen LogP contribution in [-0.2, 0) is 4.79 Å². The number of amides is 1. The molecule has 1 N–H and O–H groups in total. The third-order valence-electron chi connectivity index (χ3n) is 4.33. The molecule has 4 aromatic rings. The number of nitrogens with zero attached hydrogens (tertiary/aromatic N) is 1. The smallest absolute Gasteiger partial charge is 0.262 e. The molecule has 0 radical (unpaired) electrons. The summed E-state index contributed by atoms with van der Waals surface area (Å²) in [6, 6.07) is 15.5. The summed E-state index contributed by atoms with van der Waals surface area (Å²) in [5.41, 5.74) is 3.19. The second-order valence-electron chi connectivity index (χ2n) is 6.57. The maximum atomic E-state index is 12.4. The fourth-order valence-electron chi connectivity index (χ4n) is 2.88. The van der Waals surface area contributed by atoms with Crippen molar-refractivity contribution in [3.63, 3.8) is 0 Å². The lowest BCUT2D eigenvalue weighted by Gasteiger charge is -2.11. The first-order valence-corrected chi connectivity index (χ1v) is 10.1. The highest BCUT2D eigenvalue weighted by Crippen LogP contribution is 2.31. The summed E-state index contributed by atoms with van der Waals surface area (Å²) in [6.45, 7) is 1.68. The molecule has 4 rings (SSSR count). The molecule has 0 bridgehead atoms. The van der Waals surface area contributed by atoms with Gasteiger partial charge in [0.2, 0.25) is 5.89 Å². The molecule has 0 aliphatic rings. The fourth-order valence-corrected chi connectivity index (χ4v) is 3.44. The van der Waals surface area contributed by atoms with Gasteiger partial charge in [-0.25, -0.2) is 4.98 Å². The van der Waals surface area contributed by atoms with E-state index in [1.807, 2.05) is 6.92 Å². The van der Waals surface area contributed by atoms with Crippen molar-refractivity contribution in [2.24, 2.45) is 0 Å². The summed E-state index contributed by atoms with van der Waals surface area (Å²) >= 11 is 18.2. The lowest BCUT2D eigenvalue weighted by Crippen LogP contribution is -2.20. The van der Waals surface area contributed by atoms with E-state index in [1.54, 1.807) is 54.6 Å². The van der Waals surface area contributed by atoms with Gasteiger partial charge in [0, 0.05) is 15.6 Å². The number of halogens is 3. The van der Waals surface area contributed by atoms with Gasteiger partial charge in [0.05, 0.1) is 10.7 Å². The van der Waals surface area contributed by atoms with Crippen LogP contribution < -0.4 is 10.1 Å². The Labute approximate surface area is 187 Å². The summed E-state index contributed by atoms with van der Waals surface area (Å²) in [7, 11) is 0. The molecule has 0 saturated heterocycles. The standard InChI is InChI=1S/C22H15Cl3N2O3/c1-12-8-14(23)3-6-19(12)29-11-21(28)26-17-9-13(2-5-16(17)25)22-27-18-10-15(24)4-7-20(18)30-22/h2-10H,11H2,1H3,(H,26,28). The van der Waals surface area contributed by atoms with E-state index in [1.165, 1.54) is 0 Å². The Balaban J connectivity index is 1.50. The number of fused-ring (bicyclic) bond motifs is 1. The summed E-state index contributed by atoms with van der Waals surface area (Å²) in [4.78, 5) is 16.8. The Morgan fingerprint density at radius 2 is 1.80 bits per heavy atom. The van der Waals surface area contributed by atoms with E-state index in [0.717, 1.165) is 5.56 Å². The number of oxazole rings is 1. The second-order valence-corrected chi connectivity index (χ2v) is 7.85. The van der Waals surface area contributed by atoms with Gasteiger partial charge in [-0.2, -0.15) is 0 Å². The van der Waals surface area contributed by atoms with Gasteiger partial charge in [-0.15, -0.1) is 0 Å². The number of carbonyl (C=O) groups is 1. The average molecular weight is 462 g/mol. The van der Waals surface area contributed by atoms with Crippen molar-refractivity contribution in [3.05, 3.63) is 75.2 Å². The van der Waals surface area contributed by atoms with Crippen molar-refractivity contribution in [2.75, 3.05) is 11.9 Å². The van der Waals surface area contributed by atoms with Crippen molar-refractivity contribution in [2.45, 2.75) is 6.92 Å². The van der Waals surface area contributed by atoms with E-state index in [9.17, 15) is 4.79 Å². The molecule has 0 atom stereocenters. The quantitative estimate of drug-likeness (QED) is 0.356. The molecule has 0 saturated carbocycles. The van der Waals surface area contributed by atoms with Crippen LogP contribution in [0.1, 0.15) is 5.56 Å². The number of rotatable bonds is 5. The highest BCUT2D eigenvalue weighted by Gasteiger charge is 2.13. The number of hydrogen-bond donors (Lipinski definition) is 1. The molecule has 1 heterocycles. The Hall–Kier alpha value is -2.73. The van der Waals surface area contributed by atoms with Crippen LogP contribution in [0.3, 0.4) is 0 Å². The van der Waals surface area contributed by atoms with E-state index >= 15 is 0 Å². The molecule has 0 fully saturated rings. The topological polar surface area (TPSA) is 64.4 Å². The first-order valence-electron chi connectivity index (χ1n) is 8.94. The Morgan fingerprint density at radius 3 is 2.60 bits per heavy atom. The molecule has 152 valence electrons. The molecule has 0 aliphatic carbocycles. The monoisotopic (exact) mass is 460 g/mol. The molecular formula is C22H15Cl3N2O3. The Bertz CT molecular complexity index is 1250. The summed E-state index contributed by atoms with van der Waals surface area (Å²) in [5.74, 6) is 0.625. The minimum Gasteiger partial charge on any atom is -0.483 e. The number of carbonyl (C=O) groups excluding carboxylic acids is 1. The largest absolute Gasteiger partial charge is 0.483 e. The van der Waals surface area contributed by atoms with Gasteiger partial charge in [-0.05, 0) is 67.1 Å². The van der Waals surface area contributed by atoms with Gasteiger partial charge < -0.3 is 14.5 Å². The van der Waals surface area contributed by atoms with E-state index in [2.05, 4.69) is 10.3 Å². The average Bonchev–Trinajstić information content (AvgIpc) is 3.12. The zero-order valence-electron chi connectivity index (χ0n) is 15.7. The van der Waals surface area contributed by atoms with Crippen LogP contribution in [-0.4, -0.2) is 17.5 Å². The first kappa shape index (κ1) is 20.5. The zero-order valence-corrected chi connectivity index (χ0v) is 18.0. The van der Waals surface area contributed by atoms with Crippen molar-refractivity contribution in [3.8, 4) is 17.2 Å². The maximum absolute atomic E-state index is 12.4. The molecule has 30 heavy (non-hydrogen) atoms. The zero-order chi connectivity index (χ0) is 21.3. The number of aryl methyl sites for hydroxylation is 1. The number of nitrogens with one attached hydrogen (secondary N) is 1. The Kier molecular flexibility index (Phi) is 5.86. The van der Waals surface area contributed by atoms with Gasteiger partial charge in [-0.1, -0.05) is 34.8 Å². The summed E-state index contributed by atoms with van der Waals surface area (Å²) < 4.78 is 11.4. The van der Waals surface area contributed by atoms with Gasteiger partial charge in [0.25, 0.3) is 5.91 Å². The molecule has 1 amide bonds. The van der Waals surface area contributed by atoms with Crippen LogP contribution in [0.25, 0.3) is 22.6 Å². The lowest BCUT2D eigenvalue weighted by atomic mass is 10.2. The van der Waals surface area contributed by atoms with Gasteiger partial charge >= 0.3 is 0 Å². The van der Waals surface area contributed by atoms with Gasteiger partial charge in [0.15, 0.2) is 12.2 Å². The van der Waals surface area contributed by atoms with E-state index in [0.29, 0.717) is 49.1 Å². The lowest BCUT2D eigenvalue weighted by molar-refractivity contribution is -0.118. The third-order valence-corrected chi connectivity index (χ3v) is 5.13. The van der Waals surface area contributed by atoms with Gasteiger partial charge in [-0.3, -0.25) is 4.79 Å². The van der Waals surface area contributed by atoms with E-state index in [4.69, 9.17) is 44.0 Å². The number of aromatic nitrogens is 1. The predicted molar refractivity (Wildman–Crippen MR) is 120 cm³/mol. The second kappa shape index (κ2) is 8.56. The van der Waals surface area contributed by atoms with Crippen molar-refractivity contribution in [1.29, 1.82) is 0 Å². The number of anilines is 1. The molecule has 1 aromatic heterocycles. The maximum Gasteiger partial charge on any atom is 0.262 e.